The van der Waals surface area contributed by atoms with Crippen molar-refractivity contribution in [2.45, 2.75) is 19.9 Å². The molecular formula is C29H23F3N6O4. The Kier molecular flexibility index (Phi) is 7.49. The fourth-order valence-corrected chi connectivity index (χ4v) is 4.13. The Labute approximate surface area is 236 Å². The van der Waals surface area contributed by atoms with Gasteiger partial charge in [0.05, 0.1) is 23.3 Å². The van der Waals surface area contributed by atoms with Crippen LogP contribution in [0, 0.1) is 17.5 Å². The molecule has 42 heavy (non-hydrogen) atoms. The van der Waals surface area contributed by atoms with Crippen LogP contribution in [0.3, 0.4) is 0 Å². The van der Waals surface area contributed by atoms with Crippen molar-refractivity contribution in [1.82, 2.24) is 23.9 Å². The van der Waals surface area contributed by atoms with E-state index in [0.29, 0.717) is 15.8 Å². The Bertz CT molecular complexity index is 1930. The van der Waals surface area contributed by atoms with Crippen molar-refractivity contribution in [3.05, 3.63) is 117 Å². The van der Waals surface area contributed by atoms with E-state index in [9.17, 15) is 18.8 Å². The second-order valence-electron chi connectivity index (χ2n) is 9.52. The lowest BCUT2D eigenvalue weighted by molar-refractivity contribution is 0.102. The highest BCUT2D eigenvalue weighted by Gasteiger charge is 2.23. The van der Waals surface area contributed by atoms with Gasteiger partial charge in [0.2, 0.25) is 5.82 Å². The summed E-state index contributed by atoms with van der Waals surface area (Å²) in [5.74, 6) is -4.78. The summed E-state index contributed by atoms with van der Waals surface area (Å²) >= 11 is 0. The maximum atomic E-state index is 15.1. The third-order valence-corrected chi connectivity index (χ3v) is 6.25. The van der Waals surface area contributed by atoms with Crippen LogP contribution in [0.4, 0.5) is 18.9 Å². The van der Waals surface area contributed by atoms with Crippen molar-refractivity contribution in [2.24, 2.45) is 7.05 Å². The van der Waals surface area contributed by atoms with Crippen molar-refractivity contribution in [3.63, 3.8) is 0 Å². The van der Waals surface area contributed by atoms with Crippen LogP contribution >= 0.6 is 0 Å². The van der Waals surface area contributed by atoms with Gasteiger partial charge in [0, 0.05) is 43.3 Å². The number of rotatable bonds is 7. The first kappa shape index (κ1) is 28.1. The summed E-state index contributed by atoms with van der Waals surface area (Å²) in [7, 11) is 1.74. The number of carbonyl (C=O) groups is 1. The second-order valence-corrected chi connectivity index (χ2v) is 9.52. The minimum Gasteiger partial charge on any atom is -0.454 e. The van der Waals surface area contributed by atoms with Gasteiger partial charge in [-0.2, -0.15) is 9.49 Å². The van der Waals surface area contributed by atoms with Gasteiger partial charge in [-0.15, -0.1) is 0 Å². The first-order valence-corrected chi connectivity index (χ1v) is 12.6. The first-order chi connectivity index (χ1) is 20.0. The minimum absolute atomic E-state index is 0.0250. The summed E-state index contributed by atoms with van der Waals surface area (Å²) in [6.07, 6.45) is 5.80. The molecule has 2 aromatic carbocycles. The molecule has 3 aromatic heterocycles. The average Bonchev–Trinajstić information content (AvgIpc) is 3.40. The molecule has 1 amide bonds. The summed E-state index contributed by atoms with van der Waals surface area (Å²) in [6, 6.07) is 9.23. The van der Waals surface area contributed by atoms with Gasteiger partial charge < -0.3 is 10.1 Å². The van der Waals surface area contributed by atoms with Crippen molar-refractivity contribution in [1.29, 1.82) is 0 Å². The number of nitrogens with zero attached hydrogens (tertiary/aromatic N) is 5. The molecule has 0 atom stereocenters. The maximum absolute atomic E-state index is 15.1. The van der Waals surface area contributed by atoms with E-state index in [1.165, 1.54) is 30.5 Å². The van der Waals surface area contributed by atoms with E-state index in [1.807, 2.05) is 0 Å². The predicted molar refractivity (Wildman–Crippen MR) is 147 cm³/mol. The molecule has 0 radical (unpaired) electrons. The van der Waals surface area contributed by atoms with Gasteiger partial charge in [0.15, 0.2) is 11.6 Å². The molecule has 214 valence electrons. The molecule has 0 aliphatic carbocycles. The molecule has 5 aromatic rings. The van der Waals surface area contributed by atoms with Crippen LogP contribution in [0.15, 0.2) is 82.9 Å². The fourth-order valence-electron chi connectivity index (χ4n) is 4.13. The number of nitrogens with one attached hydrogen (secondary N) is 1. The topological polar surface area (TPSA) is 113 Å². The molecule has 0 saturated carbocycles. The molecule has 0 unspecified atom stereocenters. The van der Waals surface area contributed by atoms with E-state index in [1.54, 1.807) is 38.0 Å². The van der Waals surface area contributed by atoms with Gasteiger partial charge in [-0.05, 0) is 56.3 Å². The molecule has 5 rings (SSSR count). The minimum atomic E-state index is -1.43. The molecule has 0 aliphatic heterocycles. The summed E-state index contributed by atoms with van der Waals surface area (Å²) in [6.45, 7) is 3.30. The zero-order valence-corrected chi connectivity index (χ0v) is 22.5. The van der Waals surface area contributed by atoms with E-state index in [-0.39, 0.29) is 11.4 Å². The molecular weight excluding hydrogens is 553 g/mol. The van der Waals surface area contributed by atoms with E-state index in [4.69, 9.17) is 4.74 Å². The summed E-state index contributed by atoms with van der Waals surface area (Å²) in [5, 5.41) is 6.26. The van der Waals surface area contributed by atoms with Gasteiger partial charge in [-0.3, -0.25) is 23.8 Å². The molecule has 0 fully saturated rings. The fraction of sp³-hybridized carbons (Fsp3) is 0.138. The number of hydrogen-bond donors (Lipinski definition) is 1. The molecule has 10 nitrogen and oxygen atoms in total. The summed E-state index contributed by atoms with van der Waals surface area (Å²) in [4.78, 5) is 43.6. The number of aryl methyl sites for hydroxylation is 1. The number of anilines is 1. The van der Waals surface area contributed by atoms with E-state index >= 15 is 8.78 Å². The molecule has 0 aliphatic rings. The Morgan fingerprint density at radius 3 is 2.38 bits per heavy atom. The number of pyridine rings is 1. The third kappa shape index (κ3) is 5.44. The predicted octanol–water partition coefficient (Wildman–Crippen LogP) is 4.84. The Hall–Kier alpha value is -5.46. The van der Waals surface area contributed by atoms with Gasteiger partial charge in [-0.1, -0.05) is 0 Å². The number of hydrogen-bond acceptors (Lipinski definition) is 6. The number of benzene rings is 2. The van der Waals surface area contributed by atoms with Crippen LogP contribution in [0.1, 0.15) is 30.2 Å². The largest absolute Gasteiger partial charge is 0.454 e. The Morgan fingerprint density at radius 1 is 0.976 bits per heavy atom. The first-order valence-electron chi connectivity index (χ1n) is 12.6. The number of carbonyl (C=O) groups excluding carboxylic acids is 1. The molecule has 0 bridgehead atoms. The number of amides is 1. The highest BCUT2D eigenvalue weighted by molar-refractivity contribution is 6.04. The van der Waals surface area contributed by atoms with Crippen molar-refractivity contribution in [3.8, 4) is 28.4 Å². The summed E-state index contributed by atoms with van der Waals surface area (Å²) in [5.41, 5.74) is -1.66. The Morgan fingerprint density at radius 2 is 1.71 bits per heavy atom. The van der Waals surface area contributed by atoms with E-state index in [2.05, 4.69) is 15.4 Å². The monoisotopic (exact) mass is 576 g/mol. The van der Waals surface area contributed by atoms with E-state index < -0.39 is 57.7 Å². The van der Waals surface area contributed by atoms with Gasteiger partial charge >= 0.3 is 5.69 Å². The summed E-state index contributed by atoms with van der Waals surface area (Å²) < 4.78 is 52.5. The van der Waals surface area contributed by atoms with E-state index in [0.717, 1.165) is 35.0 Å². The van der Waals surface area contributed by atoms with Crippen LogP contribution < -0.4 is 21.3 Å². The smallest absolute Gasteiger partial charge is 0.335 e. The van der Waals surface area contributed by atoms with Gasteiger partial charge in [-0.25, -0.2) is 18.1 Å². The standard InChI is InChI=1S/C29H23F3N6O4/c1-16(2)37-15-21(28(40)38(29(37)41)19-6-4-18(30)5-7-19)27(39)35-22-8-9-24(26(32)25(22)31)42-20-10-11-33-23(12-20)17-13-34-36(3)14-17/h4-16H,1-3H3,(H,35,39). The average molecular weight is 577 g/mol. The lowest BCUT2D eigenvalue weighted by Gasteiger charge is -2.16. The van der Waals surface area contributed by atoms with Crippen LogP contribution in [0.2, 0.25) is 0 Å². The maximum Gasteiger partial charge on any atom is 0.335 e. The Balaban J connectivity index is 1.45. The SMILES string of the molecule is CC(C)n1cc(C(=O)Nc2ccc(Oc3ccnc(-c4cnn(C)c4)c3)c(F)c2F)c(=O)n(-c2ccc(F)cc2)c1=O. The molecule has 0 spiro atoms. The third-order valence-electron chi connectivity index (χ3n) is 6.25. The van der Waals surface area contributed by atoms with Crippen LogP contribution in [-0.2, 0) is 7.05 Å². The molecule has 13 heteroatoms. The van der Waals surface area contributed by atoms with Crippen molar-refractivity contribution in [2.75, 3.05) is 5.32 Å². The molecule has 0 saturated heterocycles. The highest BCUT2D eigenvalue weighted by Crippen LogP contribution is 2.31. The van der Waals surface area contributed by atoms with Crippen LogP contribution in [0.25, 0.3) is 16.9 Å². The zero-order chi connectivity index (χ0) is 30.1. The number of halogens is 3. The quantitative estimate of drug-likeness (QED) is 0.297. The highest BCUT2D eigenvalue weighted by atomic mass is 19.2. The van der Waals surface area contributed by atoms with Crippen LogP contribution in [0.5, 0.6) is 11.5 Å². The second kappa shape index (κ2) is 11.2. The lowest BCUT2D eigenvalue weighted by atomic mass is 10.2. The van der Waals surface area contributed by atoms with Crippen molar-refractivity contribution >= 4 is 11.6 Å². The van der Waals surface area contributed by atoms with Gasteiger partial charge in [0.25, 0.3) is 11.5 Å². The number of ether oxygens (including phenoxy) is 1. The zero-order valence-electron chi connectivity index (χ0n) is 22.5. The van der Waals surface area contributed by atoms with Crippen molar-refractivity contribution < 1.29 is 22.7 Å². The van der Waals surface area contributed by atoms with Crippen LogP contribution in [-0.4, -0.2) is 29.8 Å². The molecule has 3 heterocycles. The number of aromatic nitrogens is 5. The normalized spacial score (nSPS) is 11.1. The van der Waals surface area contributed by atoms with Gasteiger partial charge in [0.1, 0.15) is 17.1 Å². The molecule has 1 N–H and O–H groups in total. The lowest BCUT2D eigenvalue weighted by Crippen LogP contribution is -2.42.